The quantitative estimate of drug-likeness (QED) is 0.745. The van der Waals surface area contributed by atoms with Crippen LogP contribution in [-0.4, -0.2) is 43.0 Å². The molecule has 1 fully saturated rings. The van der Waals surface area contributed by atoms with Gasteiger partial charge >= 0.3 is 0 Å². The van der Waals surface area contributed by atoms with Crippen LogP contribution in [0, 0.1) is 13.8 Å². The highest BCUT2D eigenvalue weighted by Crippen LogP contribution is 2.33. The van der Waals surface area contributed by atoms with E-state index >= 15 is 0 Å². The Morgan fingerprint density at radius 3 is 2.59 bits per heavy atom. The van der Waals surface area contributed by atoms with Crippen molar-refractivity contribution >= 4 is 39.8 Å². The number of carbonyl (C=O) groups is 2. The molecule has 6 nitrogen and oxygen atoms in total. The zero-order valence-electron chi connectivity index (χ0n) is 15.2. The molecule has 2 aromatic heterocycles. The molecule has 0 bridgehead atoms. The van der Waals surface area contributed by atoms with Gasteiger partial charge in [0, 0.05) is 23.4 Å². The lowest BCUT2D eigenvalue weighted by atomic mass is 10.2. The summed E-state index contributed by atoms with van der Waals surface area (Å²) in [5.41, 5.74) is 2.07. The zero-order valence-corrected chi connectivity index (χ0v) is 16.0. The molecule has 0 aliphatic carbocycles. The molecular weight excluding hydrogens is 364 g/mol. The van der Waals surface area contributed by atoms with E-state index in [-0.39, 0.29) is 17.6 Å². The molecule has 0 unspecified atom stereocenters. The van der Waals surface area contributed by atoms with E-state index in [1.807, 2.05) is 38.1 Å². The number of furan rings is 1. The number of hydrogen-bond acceptors (Lipinski definition) is 5. The maximum atomic E-state index is 13.0. The summed E-state index contributed by atoms with van der Waals surface area (Å²) in [7, 11) is 0. The third-order valence-electron chi connectivity index (χ3n) is 4.72. The largest absolute Gasteiger partial charge is 0.449 e. The van der Waals surface area contributed by atoms with Gasteiger partial charge < -0.3 is 19.4 Å². The van der Waals surface area contributed by atoms with Gasteiger partial charge in [0.25, 0.3) is 11.8 Å². The molecule has 0 radical (unpaired) electrons. The first-order valence-corrected chi connectivity index (χ1v) is 9.63. The molecule has 0 saturated carbocycles. The number of anilines is 1. The third-order valence-corrected chi connectivity index (χ3v) is 5.87. The normalized spacial score (nSPS) is 14.5. The molecule has 1 saturated heterocycles. The molecule has 2 amide bonds. The summed E-state index contributed by atoms with van der Waals surface area (Å²) >= 11 is 1.44. The molecule has 1 aliphatic heterocycles. The van der Waals surface area contributed by atoms with E-state index < -0.39 is 0 Å². The second-order valence-electron chi connectivity index (χ2n) is 6.51. The predicted molar refractivity (Wildman–Crippen MR) is 105 cm³/mol. The molecule has 27 heavy (non-hydrogen) atoms. The Labute approximate surface area is 160 Å². The molecule has 4 rings (SSSR count). The molecule has 1 aromatic carbocycles. The van der Waals surface area contributed by atoms with Crippen molar-refractivity contribution in [3.8, 4) is 0 Å². The molecule has 140 valence electrons. The van der Waals surface area contributed by atoms with Crippen molar-refractivity contribution in [2.24, 2.45) is 0 Å². The summed E-state index contributed by atoms with van der Waals surface area (Å²) in [6.45, 7) is 5.97. The van der Waals surface area contributed by atoms with Crippen molar-refractivity contribution < 1.29 is 18.7 Å². The number of para-hydroxylation sites is 1. The number of aryl methyl sites for hydroxylation is 2. The number of benzene rings is 1. The summed E-state index contributed by atoms with van der Waals surface area (Å²) in [5, 5.41) is 3.62. The predicted octanol–water partition coefficient (Wildman–Crippen LogP) is 3.84. The summed E-state index contributed by atoms with van der Waals surface area (Å²) in [4.78, 5) is 29.2. The molecule has 0 atom stereocenters. The highest BCUT2D eigenvalue weighted by molar-refractivity contribution is 7.14. The number of ether oxygens (including phenoxy) is 1. The summed E-state index contributed by atoms with van der Waals surface area (Å²) in [6, 6.07) is 9.19. The van der Waals surface area contributed by atoms with Crippen molar-refractivity contribution in [3.05, 3.63) is 51.4 Å². The topological polar surface area (TPSA) is 71.8 Å². The fourth-order valence-corrected chi connectivity index (χ4v) is 4.02. The minimum atomic E-state index is -0.237. The molecular formula is C20H20N2O4S. The lowest BCUT2D eigenvalue weighted by Crippen LogP contribution is -2.40. The Balaban J connectivity index is 1.71. The van der Waals surface area contributed by atoms with Crippen LogP contribution in [-0.2, 0) is 4.74 Å². The molecule has 3 heterocycles. The smallest absolute Gasteiger partial charge is 0.291 e. The Bertz CT molecular complexity index is 995. The van der Waals surface area contributed by atoms with Gasteiger partial charge in [-0.2, -0.15) is 0 Å². The summed E-state index contributed by atoms with van der Waals surface area (Å²) in [5.74, 6) is -0.307. The first-order valence-electron chi connectivity index (χ1n) is 8.81. The Morgan fingerprint density at radius 1 is 1.15 bits per heavy atom. The van der Waals surface area contributed by atoms with Crippen molar-refractivity contribution in [3.63, 3.8) is 0 Å². The average Bonchev–Trinajstić information content (AvgIpc) is 3.22. The second-order valence-corrected chi connectivity index (χ2v) is 7.77. The maximum Gasteiger partial charge on any atom is 0.291 e. The van der Waals surface area contributed by atoms with Crippen LogP contribution in [0.25, 0.3) is 11.0 Å². The highest BCUT2D eigenvalue weighted by atomic mass is 32.1. The van der Waals surface area contributed by atoms with Crippen LogP contribution in [0.2, 0.25) is 0 Å². The van der Waals surface area contributed by atoms with Gasteiger partial charge in [0.1, 0.15) is 11.3 Å². The van der Waals surface area contributed by atoms with E-state index in [2.05, 4.69) is 5.32 Å². The van der Waals surface area contributed by atoms with Crippen LogP contribution in [0.5, 0.6) is 0 Å². The second kappa shape index (κ2) is 7.17. The number of amides is 2. The number of thiophene rings is 1. The van der Waals surface area contributed by atoms with E-state index in [0.29, 0.717) is 47.8 Å². The Morgan fingerprint density at radius 2 is 1.89 bits per heavy atom. The average molecular weight is 384 g/mol. The molecule has 3 aromatic rings. The standard InChI is InChI=1S/C20H20N2O4S/c1-12-11-16(27-13(12)2)19(23)21-17-14-5-3-4-6-15(14)26-18(17)20(24)22-7-9-25-10-8-22/h3-6,11H,7-10H2,1-2H3,(H,21,23). The van der Waals surface area contributed by atoms with Gasteiger partial charge in [-0.1, -0.05) is 12.1 Å². The lowest BCUT2D eigenvalue weighted by molar-refractivity contribution is 0.0285. The first kappa shape index (κ1) is 17.8. The first-order chi connectivity index (χ1) is 13.0. The number of rotatable bonds is 3. The fourth-order valence-electron chi connectivity index (χ4n) is 3.09. The van der Waals surface area contributed by atoms with Crippen LogP contribution >= 0.6 is 11.3 Å². The maximum absolute atomic E-state index is 13.0. The summed E-state index contributed by atoms with van der Waals surface area (Å²) in [6.07, 6.45) is 0. The van der Waals surface area contributed by atoms with Gasteiger partial charge in [-0.25, -0.2) is 0 Å². The van der Waals surface area contributed by atoms with Crippen LogP contribution in [0.3, 0.4) is 0 Å². The van der Waals surface area contributed by atoms with Crippen molar-refractivity contribution in [1.29, 1.82) is 0 Å². The zero-order chi connectivity index (χ0) is 19.0. The molecule has 1 N–H and O–H groups in total. The molecule has 7 heteroatoms. The highest BCUT2D eigenvalue weighted by Gasteiger charge is 2.28. The Kier molecular flexibility index (Phi) is 4.72. The van der Waals surface area contributed by atoms with Gasteiger partial charge in [-0.3, -0.25) is 9.59 Å². The lowest BCUT2D eigenvalue weighted by Gasteiger charge is -2.26. The minimum Gasteiger partial charge on any atom is -0.449 e. The van der Waals surface area contributed by atoms with Gasteiger partial charge in [0.05, 0.1) is 18.1 Å². The van der Waals surface area contributed by atoms with E-state index in [9.17, 15) is 9.59 Å². The number of hydrogen-bond donors (Lipinski definition) is 1. The van der Waals surface area contributed by atoms with E-state index in [1.165, 1.54) is 11.3 Å². The SMILES string of the molecule is Cc1cc(C(=O)Nc2c(C(=O)N3CCOCC3)oc3ccccc23)sc1C. The van der Waals surface area contributed by atoms with Crippen LogP contribution in [0.15, 0.2) is 34.7 Å². The number of carbonyl (C=O) groups excluding carboxylic acids is 2. The monoisotopic (exact) mass is 384 g/mol. The molecule has 1 aliphatic rings. The van der Waals surface area contributed by atoms with Crippen molar-refractivity contribution in [2.45, 2.75) is 13.8 Å². The number of fused-ring (bicyclic) bond motifs is 1. The molecule has 0 spiro atoms. The van der Waals surface area contributed by atoms with Crippen LogP contribution in [0.1, 0.15) is 30.7 Å². The number of nitrogens with zero attached hydrogens (tertiary/aromatic N) is 1. The van der Waals surface area contributed by atoms with Gasteiger partial charge in [-0.05, 0) is 37.6 Å². The van der Waals surface area contributed by atoms with Crippen LogP contribution in [0.4, 0.5) is 5.69 Å². The van der Waals surface area contributed by atoms with E-state index in [4.69, 9.17) is 9.15 Å². The van der Waals surface area contributed by atoms with E-state index in [0.717, 1.165) is 10.4 Å². The van der Waals surface area contributed by atoms with Crippen LogP contribution < -0.4 is 5.32 Å². The minimum absolute atomic E-state index is 0.163. The number of morpholine rings is 1. The van der Waals surface area contributed by atoms with Gasteiger partial charge in [-0.15, -0.1) is 11.3 Å². The third kappa shape index (κ3) is 3.36. The van der Waals surface area contributed by atoms with Gasteiger partial charge in [0.15, 0.2) is 0 Å². The Hall–Kier alpha value is -2.64. The van der Waals surface area contributed by atoms with Crippen molar-refractivity contribution in [2.75, 3.05) is 31.6 Å². The summed E-state index contributed by atoms with van der Waals surface area (Å²) < 4.78 is 11.2. The van der Waals surface area contributed by atoms with Gasteiger partial charge in [0.2, 0.25) is 5.76 Å². The number of nitrogens with one attached hydrogen (secondary N) is 1. The fraction of sp³-hybridized carbons (Fsp3) is 0.300. The van der Waals surface area contributed by atoms with Crippen molar-refractivity contribution in [1.82, 2.24) is 4.90 Å². The van der Waals surface area contributed by atoms with E-state index in [1.54, 1.807) is 11.0 Å².